The Morgan fingerprint density at radius 1 is 1.22 bits per heavy atom. The third kappa shape index (κ3) is 2.77. The van der Waals surface area contributed by atoms with E-state index in [0.717, 1.165) is 25.9 Å². The maximum atomic E-state index is 13.0. The van der Waals surface area contributed by atoms with Crippen molar-refractivity contribution in [3.05, 3.63) is 29.3 Å². The van der Waals surface area contributed by atoms with E-state index in [9.17, 15) is 13.2 Å². The van der Waals surface area contributed by atoms with Crippen LogP contribution in [0, 0.1) is 0 Å². The molecule has 0 radical (unpaired) electrons. The van der Waals surface area contributed by atoms with Gasteiger partial charge in [-0.15, -0.1) is 0 Å². The van der Waals surface area contributed by atoms with Gasteiger partial charge in [0, 0.05) is 25.3 Å². The molecule has 0 unspecified atom stereocenters. The molecule has 0 amide bonds. The molecule has 0 aliphatic carbocycles. The number of nitrogens with zero attached hydrogens (tertiary/aromatic N) is 1. The summed E-state index contributed by atoms with van der Waals surface area (Å²) in [5, 5.41) is 2.77. The molecule has 1 aliphatic heterocycles. The Balaban J connectivity index is 2.35. The van der Waals surface area contributed by atoms with Crippen molar-refractivity contribution >= 4 is 5.69 Å². The van der Waals surface area contributed by atoms with Gasteiger partial charge in [-0.1, -0.05) is 6.07 Å². The van der Waals surface area contributed by atoms with Gasteiger partial charge in [-0.3, -0.25) is 0 Å². The van der Waals surface area contributed by atoms with Crippen LogP contribution in [-0.4, -0.2) is 20.1 Å². The molecule has 1 fully saturated rings. The van der Waals surface area contributed by atoms with Gasteiger partial charge in [0.05, 0.1) is 5.56 Å². The molecule has 0 aromatic heterocycles. The lowest BCUT2D eigenvalue weighted by atomic mass is 10.1. The predicted octanol–water partition coefficient (Wildman–Crippen LogP) is 3.03. The quantitative estimate of drug-likeness (QED) is 0.896. The average Bonchev–Trinajstić information content (AvgIpc) is 2.82. The number of hydrogen-bond donors (Lipinski definition) is 1. The Bertz CT molecular complexity index is 409. The van der Waals surface area contributed by atoms with Gasteiger partial charge >= 0.3 is 6.18 Å². The van der Waals surface area contributed by atoms with Crippen LogP contribution in [0.3, 0.4) is 0 Å². The summed E-state index contributed by atoms with van der Waals surface area (Å²) in [5.41, 5.74) is 0.453. The SMILES string of the molecule is CNCc1ccc(N2CCCC2)cc1C(F)(F)F. The summed E-state index contributed by atoms with van der Waals surface area (Å²) in [6, 6.07) is 4.64. The molecule has 1 N–H and O–H groups in total. The van der Waals surface area contributed by atoms with E-state index in [-0.39, 0.29) is 6.54 Å². The van der Waals surface area contributed by atoms with Crippen LogP contribution in [0.1, 0.15) is 24.0 Å². The van der Waals surface area contributed by atoms with Crippen molar-refractivity contribution in [2.75, 3.05) is 25.0 Å². The minimum atomic E-state index is -4.29. The summed E-state index contributed by atoms with van der Waals surface area (Å²) in [7, 11) is 1.65. The van der Waals surface area contributed by atoms with Gasteiger partial charge in [0.1, 0.15) is 0 Å². The first-order chi connectivity index (χ1) is 8.52. The zero-order chi connectivity index (χ0) is 13.2. The molecule has 1 aromatic rings. The topological polar surface area (TPSA) is 15.3 Å². The summed E-state index contributed by atoms with van der Waals surface area (Å²) in [6.45, 7) is 1.93. The lowest BCUT2D eigenvalue weighted by Gasteiger charge is -2.21. The summed E-state index contributed by atoms with van der Waals surface area (Å²) in [5.74, 6) is 0. The number of anilines is 1. The molecule has 0 atom stereocenters. The van der Waals surface area contributed by atoms with Gasteiger partial charge in [0.15, 0.2) is 0 Å². The molecular formula is C13H17F3N2. The van der Waals surface area contributed by atoms with E-state index in [2.05, 4.69) is 5.32 Å². The number of benzene rings is 1. The van der Waals surface area contributed by atoms with Crippen LogP contribution in [0.15, 0.2) is 18.2 Å². The first kappa shape index (κ1) is 13.2. The second-order valence-corrected chi connectivity index (χ2v) is 4.56. The maximum Gasteiger partial charge on any atom is 0.416 e. The normalized spacial score (nSPS) is 16.3. The molecule has 1 aromatic carbocycles. The first-order valence-corrected chi connectivity index (χ1v) is 6.12. The van der Waals surface area contributed by atoms with E-state index >= 15 is 0 Å². The maximum absolute atomic E-state index is 13.0. The van der Waals surface area contributed by atoms with Crippen LogP contribution in [0.5, 0.6) is 0 Å². The van der Waals surface area contributed by atoms with Crippen molar-refractivity contribution in [2.24, 2.45) is 0 Å². The van der Waals surface area contributed by atoms with Gasteiger partial charge in [0.25, 0.3) is 0 Å². The highest BCUT2D eigenvalue weighted by Crippen LogP contribution is 2.35. The van der Waals surface area contributed by atoms with Crippen LogP contribution in [0.2, 0.25) is 0 Å². The van der Waals surface area contributed by atoms with Crippen molar-refractivity contribution in [2.45, 2.75) is 25.6 Å². The van der Waals surface area contributed by atoms with Gasteiger partial charge in [0.2, 0.25) is 0 Å². The number of alkyl halides is 3. The summed E-state index contributed by atoms with van der Waals surface area (Å²) >= 11 is 0. The molecule has 1 aliphatic rings. The number of halogens is 3. The summed E-state index contributed by atoms with van der Waals surface area (Å²) in [4.78, 5) is 2.01. The van der Waals surface area contributed by atoms with Crippen molar-refractivity contribution in [1.82, 2.24) is 5.32 Å². The molecule has 0 spiro atoms. The molecule has 18 heavy (non-hydrogen) atoms. The Morgan fingerprint density at radius 2 is 1.89 bits per heavy atom. The van der Waals surface area contributed by atoms with Crippen molar-refractivity contribution < 1.29 is 13.2 Å². The fourth-order valence-corrected chi connectivity index (χ4v) is 2.34. The van der Waals surface area contributed by atoms with Crippen molar-refractivity contribution in [1.29, 1.82) is 0 Å². The van der Waals surface area contributed by atoms with Crippen LogP contribution >= 0.6 is 0 Å². The fraction of sp³-hybridized carbons (Fsp3) is 0.538. The van der Waals surface area contributed by atoms with Crippen LogP contribution in [-0.2, 0) is 12.7 Å². The zero-order valence-electron chi connectivity index (χ0n) is 10.3. The monoisotopic (exact) mass is 258 g/mol. The lowest BCUT2D eigenvalue weighted by Crippen LogP contribution is -2.20. The lowest BCUT2D eigenvalue weighted by molar-refractivity contribution is -0.138. The highest BCUT2D eigenvalue weighted by atomic mass is 19.4. The molecule has 2 rings (SSSR count). The molecule has 100 valence electrons. The highest BCUT2D eigenvalue weighted by Gasteiger charge is 2.33. The molecule has 5 heteroatoms. The summed E-state index contributed by atoms with van der Waals surface area (Å²) in [6.07, 6.45) is -2.18. The Kier molecular flexibility index (Phi) is 3.80. The number of nitrogens with one attached hydrogen (secondary N) is 1. The van der Waals surface area contributed by atoms with Crippen molar-refractivity contribution in [3.8, 4) is 0 Å². The van der Waals surface area contributed by atoms with E-state index in [1.54, 1.807) is 19.2 Å². The van der Waals surface area contributed by atoms with Crippen LogP contribution in [0.4, 0.5) is 18.9 Å². The number of rotatable bonds is 3. The first-order valence-electron chi connectivity index (χ1n) is 6.12. The molecule has 0 bridgehead atoms. The summed E-state index contributed by atoms with van der Waals surface area (Å²) < 4.78 is 39.0. The van der Waals surface area contributed by atoms with E-state index in [4.69, 9.17) is 0 Å². The third-order valence-corrected chi connectivity index (χ3v) is 3.24. The van der Waals surface area contributed by atoms with E-state index in [1.165, 1.54) is 6.07 Å². The highest BCUT2D eigenvalue weighted by molar-refractivity contribution is 5.52. The van der Waals surface area contributed by atoms with E-state index < -0.39 is 11.7 Å². The standard InChI is InChI=1S/C13H17F3N2/c1-17-9-10-4-5-11(18-6-2-3-7-18)8-12(10)13(14,15)16/h4-5,8,17H,2-3,6-7,9H2,1H3. The number of hydrogen-bond acceptors (Lipinski definition) is 2. The Labute approximate surface area is 105 Å². The van der Waals surface area contributed by atoms with Gasteiger partial charge in [-0.2, -0.15) is 13.2 Å². The fourth-order valence-electron chi connectivity index (χ4n) is 2.34. The Hall–Kier alpha value is -1.23. The largest absolute Gasteiger partial charge is 0.416 e. The predicted molar refractivity (Wildman–Crippen MR) is 65.7 cm³/mol. The molecule has 2 nitrogen and oxygen atoms in total. The van der Waals surface area contributed by atoms with Gasteiger partial charge < -0.3 is 10.2 Å². The Morgan fingerprint density at radius 3 is 2.44 bits per heavy atom. The smallest absolute Gasteiger partial charge is 0.372 e. The molecule has 1 saturated heterocycles. The zero-order valence-corrected chi connectivity index (χ0v) is 10.3. The molecule has 0 saturated carbocycles. The van der Waals surface area contributed by atoms with Gasteiger partial charge in [-0.05, 0) is 37.6 Å². The van der Waals surface area contributed by atoms with Crippen LogP contribution in [0.25, 0.3) is 0 Å². The molecule has 1 heterocycles. The second kappa shape index (κ2) is 5.18. The van der Waals surface area contributed by atoms with E-state index in [0.29, 0.717) is 11.3 Å². The average molecular weight is 258 g/mol. The van der Waals surface area contributed by atoms with E-state index in [1.807, 2.05) is 4.90 Å². The van der Waals surface area contributed by atoms with Gasteiger partial charge in [-0.25, -0.2) is 0 Å². The third-order valence-electron chi connectivity index (χ3n) is 3.24. The molecular weight excluding hydrogens is 241 g/mol. The minimum Gasteiger partial charge on any atom is -0.372 e. The minimum absolute atomic E-state index is 0.231. The van der Waals surface area contributed by atoms with Crippen LogP contribution < -0.4 is 10.2 Å². The van der Waals surface area contributed by atoms with Crippen molar-refractivity contribution in [3.63, 3.8) is 0 Å². The second-order valence-electron chi connectivity index (χ2n) is 4.56.